The van der Waals surface area contributed by atoms with Gasteiger partial charge in [-0.05, 0) is 23.8 Å². The van der Waals surface area contributed by atoms with Crippen LogP contribution >= 0.6 is 0 Å². The molecule has 1 aromatic rings. The molecule has 0 heterocycles. The molecule has 0 atom stereocenters. The fraction of sp³-hybridized carbons (Fsp3) is 0. The number of benzene rings is 1. The van der Waals surface area contributed by atoms with Crippen molar-refractivity contribution >= 4 is 11.8 Å². The van der Waals surface area contributed by atoms with Crippen LogP contribution in [0.5, 0.6) is 0 Å². The topological polar surface area (TPSA) is 73.6 Å². The molecular formula is C12H9N3. The molecule has 3 heteroatoms. The van der Waals surface area contributed by atoms with Crippen LogP contribution < -0.4 is 5.73 Å². The molecular weight excluding hydrogens is 186 g/mol. The number of nitriles is 2. The van der Waals surface area contributed by atoms with Gasteiger partial charge in [-0.25, -0.2) is 0 Å². The van der Waals surface area contributed by atoms with Gasteiger partial charge in [0.25, 0.3) is 0 Å². The second-order valence-corrected chi connectivity index (χ2v) is 2.83. The normalized spacial score (nSPS) is 9.20. The zero-order chi connectivity index (χ0) is 11.1. The van der Waals surface area contributed by atoms with Gasteiger partial charge in [-0.3, -0.25) is 0 Å². The lowest BCUT2D eigenvalue weighted by molar-refractivity contribution is 1.46. The summed E-state index contributed by atoms with van der Waals surface area (Å²) >= 11 is 0. The van der Waals surface area contributed by atoms with Crippen LogP contribution in [0.4, 0.5) is 5.69 Å². The lowest BCUT2D eigenvalue weighted by Crippen LogP contribution is -1.82. The summed E-state index contributed by atoms with van der Waals surface area (Å²) in [7, 11) is 0. The van der Waals surface area contributed by atoms with Gasteiger partial charge in [0.05, 0.1) is 0 Å². The van der Waals surface area contributed by atoms with E-state index in [9.17, 15) is 0 Å². The first-order valence-corrected chi connectivity index (χ1v) is 4.30. The third-order valence-electron chi connectivity index (χ3n) is 1.73. The summed E-state index contributed by atoms with van der Waals surface area (Å²) in [4.78, 5) is 0. The molecule has 1 aromatic carbocycles. The number of anilines is 1. The van der Waals surface area contributed by atoms with E-state index in [0.29, 0.717) is 5.69 Å². The molecule has 2 N–H and O–H groups in total. The number of hydrogen-bond acceptors (Lipinski definition) is 3. The molecule has 0 aliphatic rings. The summed E-state index contributed by atoms with van der Waals surface area (Å²) in [5, 5.41) is 16.9. The second-order valence-electron chi connectivity index (χ2n) is 2.83. The number of allylic oxidation sites excluding steroid dienone is 3. The zero-order valence-corrected chi connectivity index (χ0v) is 8.01. The van der Waals surface area contributed by atoms with Gasteiger partial charge in [-0.1, -0.05) is 24.3 Å². The van der Waals surface area contributed by atoms with Gasteiger partial charge in [-0.15, -0.1) is 0 Å². The first kappa shape index (κ1) is 10.6. The van der Waals surface area contributed by atoms with Crippen molar-refractivity contribution < 1.29 is 0 Å². The van der Waals surface area contributed by atoms with Crippen molar-refractivity contribution in [3.63, 3.8) is 0 Å². The van der Waals surface area contributed by atoms with E-state index < -0.39 is 0 Å². The van der Waals surface area contributed by atoms with E-state index in [4.69, 9.17) is 16.3 Å². The molecule has 0 saturated carbocycles. The summed E-state index contributed by atoms with van der Waals surface area (Å²) in [6, 6.07) is 10.9. The Balaban J connectivity index is 2.76. The molecule has 0 radical (unpaired) electrons. The Hall–Kier alpha value is -2.52. The highest BCUT2D eigenvalue weighted by Gasteiger charge is 1.88. The average Bonchev–Trinajstić information content (AvgIpc) is 2.27. The molecule has 0 aliphatic heterocycles. The minimum Gasteiger partial charge on any atom is -0.399 e. The lowest BCUT2D eigenvalue weighted by Gasteiger charge is -1.93. The van der Waals surface area contributed by atoms with E-state index in [-0.39, 0.29) is 5.57 Å². The quantitative estimate of drug-likeness (QED) is 0.447. The highest BCUT2D eigenvalue weighted by molar-refractivity contribution is 5.55. The average molecular weight is 195 g/mol. The minimum atomic E-state index is 0.0849. The standard InChI is InChI=1S/C12H9N3/c13-8-11(9-14)3-1-2-10-4-6-12(15)7-5-10/h1-7H,15H2. The molecule has 1 rings (SSSR count). The highest BCUT2D eigenvalue weighted by atomic mass is 14.5. The number of hydrogen-bond donors (Lipinski definition) is 1. The third-order valence-corrected chi connectivity index (χ3v) is 1.73. The minimum absolute atomic E-state index is 0.0849. The monoisotopic (exact) mass is 195 g/mol. The first-order chi connectivity index (χ1) is 7.26. The van der Waals surface area contributed by atoms with Crippen LogP contribution in [-0.4, -0.2) is 0 Å². The van der Waals surface area contributed by atoms with Crippen molar-refractivity contribution in [2.24, 2.45) is 0 Å². The molecule has 0 bridgehead atoms. The van der Waals surface area contributed by atoms with Crippen LogP contribution in [0.3, 0.4) is 0 Å². The molecule has 0 spiro atoms. The Bertz CT molecular complexity index is 451. The maximum Gasteiger partial charge on any atom is 0.129 e. The largest absolute Gasteiger partial charge is 0.399 e. The van der Waals surface area contributed by atoms with Crippen LogP contribution in [0.1, 0.15) is 5.56 Å². The number of nitrogens with two attached hydrogens (primary N) is 1. The van der Waals surface area contributed by atoms with Crippen LogP contribution in [0.25, 0.3) is 6.08 Å². The van der Waals surface area contributed by atoms with E-state index in [0.717, 1.165) is 5.56 Å². The smallest absolute Gasteiger partial charge is 0.129 e. The second kappa shape index (κ2) is 5.26. The summed E-state index contributed by atoms with van der Waals surface area (Å²) in [6.45, 7) is 0. The summed E-state index contributed by atoms with van der Waals surface area (Å²) < 4.78 is 0. The van der Waals surface area contributed by atoms with Gasteiger partial charge in [0.15, 0.2) is 0 Å². The van der Waals surface area contributed by atoms with Crippen LogP contribution in [-0.2, 0) is 0 Å². The summed E-state index contributed by atoms with van der Waals surface area (Å²) in [6.07, 6.45) is 4.93. The maximum atomic E-state index is 8.47. The van der Waals surface area contributed by atoms with E-state index in [1.807, 2.05) is 12.1 Å². The molecule has 0 amide bonds. The van der Waals surface area contributed by atoms with Gasteiger partial charge < -0.3 is 5.73 Å². The van der Waals surface area contributed by atoms with E-state index >= 15 is 0 Å². The van der Waals surface area contributed by atoms with Crippen molar-refractivity contribution in [3.8, 4) is 12.1 Å². The molecule has 0 unspecified atom stereocenters. The van der Waals surface area contributed by atoms with Crippen LogP contribution in [0.15, 0.2) is 42.0 Å². The Morgan fingerprint density at radius 1 is 1.13 bits per heavy atom. The Kier molecular flexibility index (Phi) is 3.70. The molecule has 3 nitrogen and oxygen atoms in total. The summed E-state index contributed by atoms with van der Waals surface area (Å²) in [5.41, 5.74) is 7.28. The number of nitrogen functional groups attached to an aromatic ring is 1. The Morgan fingerprint density at radius 3 is 2.27 bits per heavy atom. The van der Waals surface area contributed by atoms with Crippen LogP contribution in [0, 0.1) is 22.7 Å². The molecule has 0 aliphatic carbocycles. The molecule has 0 aromatic heterocycles. The molecule has 0 fully saturated rings. The van der Waals surface area contributed by atoms with Gasteiger partial charge in [0.1, 0.15) is 17.7 Å². The predicted octanol–water partition coefficient (Wildman–Crippen LogP) is 2.26. The van der Waals surface area contributed by atoms with E-state index in [2.05, 4.69) is 0 Å². The van der Waals surface area contributed by atoms with E-state index in [1.165, 1.54) is 6.08 Å². The SMILES string of the molecule is N#CC(C#N)=CC=Cc1ccc(N)cc1. The fourth-order valence-electron chi connectivity index (χ4n) is 0.962. The highest BCUT2D eigenvalue weighted by Crippen LogP contribution is 2.07. The maximum absolute atomic E-state index is 8.47. The zero-order valence-electron chi connectivity index (χ0n) is 8.01. The fourth-order valence-corrected chi connectivity index (χ4v) is 0.962. The molecule has 0 saturated heterocycles. The summed E-state index contributed by atoms with van der Waals surface area (Å²) in [5.74, 6) is 0. The number of nitrogens with zero attached hydrogens (tertiary/aromatic N) is 2. The van der Waals surface area contributed by atoms with Gasteiger partial charge in [0, 0.05) is 5.69 Å². The van der Waals surface area contributed by atoms with E-state index in [1.54, 1.807) is 36.4 Å². The lowest BCUT2D eigenvalue weighted by atomic mass is 10.2. The van der Waals surface area contributed by atoms with Crippen molar-refractivity contribution in [2.45, 2.75) is 0 Å². The van der Waals surface area contributed by atoms with Gasteiger partial charge in [0.2, 0.25) is 0 Å². The van der Waals surface area contributed by atoms with Crippen LogP contribution in [0.2, 0.25) is 0 Å². The Labute approximate surface area is 88.4 Å². The molecule has 72 valence electrons. The Morgan fingerprint density at radius 2 is 1.73 bits per heavy atom. The van der Waals surface area contributed by atoms with Gasteiger partial charge >= 0.3 is 0 Å². The number of rotatable bonds is 2. The predicted molar refractivity (Wildman–Crippen MR) is 59.2 cm³/mol. The molecule has 15 heavy (non-hydrogen) atoms. The first-order valence-electron chi connectivity index (χ1n) is 4.30. The van der Waals surface area contributed by atoms with Crippen molar-refractivity contribution in [3.05, 3.63) is 47.6 Å². The van der Waals surface area contributed by atoms with Crippen molar-refractivity contribution in [1.82, 2.24) is 0 Å². The van der Waals surface area contributed by atoms with Crippen molar-refractivity contribution in [1.29, 1.82) is 10.5 Å². The van der Waals surface area contributed by atoms with Gasteiger partial charge in [-0.2, -0.15) is 10.5 Å². The van der Waals surface area contributed by atoms with Crippen molar-refractivity contribution in [2.75, 3.05) is 5.73 Å². The third kappa shape index (κ3) is 3.38.